The summed E-state index contributed by atoms with van der Waals surface area (Å²) in [5.41, 5.74) is 2.03. The van der Waals surface area contributed by atoms with Gasteiger partial charge in [0.05, 0.1) is 18.3 Å². The summed E-state index contributed by atoms with van der Waals surface area (Å²) in [6, 6.07) is 6.05. The maximum Gasteiger partial charge on any atom is 0.166 e. The summed E-state index contributed by atoms with van der Waals surface area (Å²) < 4.78 is 0. The predicted octanol–water partition coefficient (Wildman–Crippen LogP) is 2.51. The normalized spacial score (nSPS) is 13.1. The lowest BCUT2D eigenvalue weighted by atomic mass is 10.2. The maximum absolute atomic E-state index is 8.96. The summed E-state index contributed by atoms with van der Waals surface area (Å²) in [6.07, 6.45) is 5.25. The smallest absolute Gasteiger partial charge is 0.166 e. The molecule has 0 atom stereocenters. The summed E-state index contributed by atoms with van der Waals surface area (Å²) in [7, 11) is 0. The topological polar surface area (TPSA) is 61.6 Å². The first-order chi connectivity index (χ1) is 8.86. The molecule has 0 amide bonds. The van der Waals surface area contributed by atoms with Gasteiger partial charge in [0.1, 0.15) is 6.07 Å². The lowest BCUT2D eigenvalue weighted by Crippen LogP contribution is -2.03. The van der Waals surface area contributed by atoms with Crippen LogP contribution in [0.4, 0.5) is 5.82 Å². The number of nitrogens with one attached hydrogen (secondary N) is 1. The van der Waals surface area contributed by atoms with Crippen LogP contribution in [0.25, 0.3) is 0 Å². The molecule has 2 aromatic heterocycles. The number of anilines is 1. The number of thiophene rings is 1. The van der Waals surface area contributed by atoms with Crippen LogP contribution >= 0.6 is 11.3 Å². The molecule has 90 valence electrons. The Morgan fingerprint density at radius 3 is 3.22 bits per heavy atom. The largest absolute Gasteiger partial charge is 0.363 e. The molecule has 18 heavy (non-hydrogen) atoms. The molecular formula is C13H12N4S. The number of rotatable bonds is 3. The van der Waals surface area contributed by atoms with Crippen LogP contribution in [0.5, 0.6) is 0 Å². The molecule has 0 fully saturated rings. The molecule has 2 aromatic rings. The van der Waals surface area contributed by atoms with Gasteiger partial charge in [-0.05, 0) is 37.0 Å². The molecular weight excluding hydrogens is 244 g/mol. The van der Waals surface area contributed by atoms with E-state index in [-0.39, 0.29) is 0 Å². The number of nitrogens with zero attached hydrogens (tertiary/aromatic N) is 3. The molecule has 1 aliphatic carbocycles. The average Bonchev–Trinajstić information content (AvgIpc) is 2.97. The van der Waals surface area contributed by atoms with E-state index >= 15 is 0 Å². The van der Waals surface area contributed by atoms with E-state index < -0.39 is 0 Å². The number of fused-ring (bicyclic) bond motifs is 1. The van der Waals surface area contributed by atoms with Gasteiger partial charge in [0.2, 0.25) is 0 Å². The van der Waals surface area contributed by atoms with Crippen LogP contribution in [-0.4, -0.2) is 10.2 Å². The zero-order valence-electron chi connectivity index (χ0n) is 9.81. The Balaban J connectivity index is 1.72. The molecule has 0 aliphatic heterocycles. The molecule has 0 radical (unpaired) electrons. The van der Waals surface area contributed by atoms with E-state index in [0.29, 0.717) is 17.9 Å². The second-order valence-electron chi connectivity index (χ2n) is 4.27. The molecule has 0 bridgehead atoms. The van der Waals surface area contributed by atoms with E-state index in [0.717, 1.165) is 0 Å². The molecule has 2 heterocycles. The van der Waals surface area contributed by atoms with Gasteiger partial charge >= 0.3 is 0 Å². The Hall–Kier alpha value is -1.93. The SMILES string of the molecule is N#Cc1ccnnc1NCc1cc2c(s1)CCC2. The van der Waals surface area contributed by atoms with Gasteiger partial charge in [-0.3, -0.25) is 0 Å². The van der Waals surface area contributed by atoms with E-state index in [1.165, 1.54) is 40.8 Å². The zero-order chi connectivity index (χ0) is 12.4. The van der Waals surface area contributed by atoms with Gasteiger partial charge in [-0.1, -0.05) is 0 Å². The number of hydrogen-bond acceptors (Lipinski definition) is 5. The second kappa shape index (κ2) is 4.75. The molecule has 1 N–H and O–H groups in total. The molecule has 0 aromatic carbocycles. The highest BCUT2D eigenvalue weighted by atomic mass is 32.1. The summed E-state index contributed by atoms with van der Waals surface area (Å²) in [5.74, 6) is 0.563. The quantitative estimate of drug-likeness (QED) is 0.916. The first-order valence-corrected chi connectivity index (χ1v) is 6.74. The minimum Gasteiger partial charge on any atom is -0.363 e. The Labute approximate surface area is 109 Å². The number of nitriles is 1. The monoisotopic (exact) mass is 256 g/mol. The summed E-state index contributed by atoms with van der Waals surface area (Å²) in [4.78, 5) is 2.82. The third kappa shape index (κ3) is 2.07. The van der Waals surface area contributed by atoms with Crippen molar-refractivity contribution in [2.45, 2.75) is 25.8 Å². The fourth-order valence-electron chi connectivity index (χ4n) is 2.20. The van der Waals surface area contributed by atoms with E-state index in [2.05, 4.69) is 27.6 Å². The molecule has 4 nitrogen and oxygen atoms in total. The van der Waals surface area contributed by atoms with Gasteiger partial charge in [0.15, 0.2) is 5.82 Å². The van der Waals surface area contributed by atoms with Gasteiger partial charge in [0.25, 0.3) is 0 Å². The summed E-state index contributed by atoms with van der Waals surface area (Å²) in [6.45, 7) is 0.713. The highest BCUT2D eigenvalue weighted by molar-refractivity contribution is 7.12. The predicted molar refractivity (Wildman–Crippen MR) is 70.4 cm³/mol. The van der Waals surface area contributed by atoms with Crippen LogP contribution in [-0.2, 0) is 19.4 Å². The number of aromatic nitrogens is 2. The lowest BCUT2D eigenvalue weighted by molar-refractivity contribution is 0.913. The van der Waals surface area contributed by atoms with Gasteiger partial charge in [-0.25, -0.2) is 0 Å². The highest BCUT2D eigenvalue weighted by Gasteiger charge is 2.14. The van der Waals surface area contributed by atoms with Crippen LogP contribution in [0.3, 0.4) is 0 Å². The van der Waals surface area contributed by atoms with Crippen molar-refractivity contribution in [1.82, 2.24) is 10.2 Å². The summed E-state index contributed by atoms with van der Waals surface area (Å²) in [5, 5.41) is 19.9. The van der Waals surface area contributed by atoms with E-state index in [1.54, 1.807) is 6.07 Å². The van der Waals surface area contributed by atoms with Gasteiger partial charge in [-0.15, -0.1) is 16.4 Å². The highest BCUT2D eigenvalue weighted by Crippen LogP contribution is 2.30. The molecule has 3 rings (SSSR count). The number of hydrogen-bond donors (Lipinski definition) is 1. The van der Waals surface area contributed by atoms with Gasteiger partial charge in [-0.2, -0.15) is 10.4 Å². The fourth-order valence-corrected chi connectivity index (χ4v) is 3.40. The first kappa shape index (κ1) is 11.2. The fraction of sp³-hybridized carbons (Fsp3) is 0.308. The van der Waals surface area contributed by atoms with Crippen molar-refractivity contribution < 1.29 is 0 Å². The minimum absolute atomic E-state index is 0.536. The van der Waals surface area contributed by atoms with Crippen molar-refractivity contribution in [1.29, 1.82) is 5.26 Å². The van der Waals surface area contributed by atoms with Crippen molar-refractivity contribution >= 4 is 17.2 Å². The van der Waals surface area contributed by atoms with Crippen LogP contribution in [0, 0.1) is 11.3 Å². The van der Waals surface area contributed by atoms with Crippen LogP contribution < -0.4 is 5.32 Å². The molecule has 0 saturated heterocycles. The Morgan fingerprint density at radius 2 is 2.39 bits per heavy atom. The first-order valence-electron chi connectivity index (χ1n) is 5.93. The maximum atomic E-state index is 8.96. The zero-order valence-corrected chi connectivity index (χ0v) is 10.6. The van der Waals surface area contributed by atoms with E-state index in [9.17, 15) is 0 Å². The van der Waals surface area contributed by atoms with Crippen molar-refractivity contribution in [3.8, 4) is 6.07 Å². The Bertz CT molecular complexity index is 590. The Kier molecular flexibility index (Phi) is 2.95. The van der Waals surface area contributed by atoms with Crippen LogP contribution in [0.15, 0.2) is 18.3 Å². The average molecular weight is 256 g/mol. The van der Waals surface area contributed by atoms with Crippen molar-refractivity contribution in [3.05, 3.63) is 39.2 Å². The molecule has 5 heteroatoms. The summed E-state index contributed by atoms with van der Waals surface area (Å²) >= 11 is 1.86. The third-order valence-electron chi connectivity index (χ3n) is 3.07. The van der Waals surface area contributed by atoms with Crippen molar-refractivity contribution in [2.24, 2.45) is 0 Å². The molecule has 0 saturated carbocycles. The minimum atomic E-state index is 0.536. The molecule has 0 spiro atoms. The van der Waals surface area contributed by atoms with E-state index in [4.69, 9.17) is 5.26 Å². The Morgan fingerprint density at radius 1 is 1.44 bits per heavy atom. The van der Waals surface area contributed by atoms with Gasteiger partial charge < -0.3 is 5.32 Å². The second-order valence-corrected chi connectivity index (χ2v) is 5.49. The third-order valence-corrected chi connectivity index (χ3v) is 4.31. The lowest BCUT2D eigenvalue weighted by Gasteiger charge is -2.04. The van der Waals surface area contributed by atoms with Crippen molar-refractivity contribution in [2.75, 3.05) is 5.32 Å². The van der Waals surface area contributed by atoms with Crippen LogP contribution in [0.2, 0.25) is 0 Å². The molecule has 0 unspecified atom stereocenters. The standard InChI is InChI=1S/C13H12N4S/c14-7-10-4-5-16-17-13(10)15-8-11-6-9-2-1-3-12(9)18-11/h4-6H,1-3,8H2,(H,15,17). The van der Waals surface area contributed by atoms with Crippen LogP contribution in [0.1, 0.15) is 27.3 Å². The van der Waals surface area contributed by atoms with Crippen molar-refractivity contribution in [3.63, 3.8) is 0 Å². The number of aryl methyl sites for hydroxylation is 2. The van der Waals surface area contributed by atoms with Gasteiger partial charge in [0, 0.05) is 9.75 Å². The van der Waals surface area contributed by atoms with E-state index in [1.807, 2.05) is 11.3 Å². The molecule has 1 aliphatic rings.